The Labute approximate surface area is 129 Å². The third-order valence-corrected chi connectivity index (χ3v) is 6.83. The third-order valence-electron chi connectivity index (χ3n) is 3.40. The summed E-state index contributed by atoms with van der Waals surface area (Å²) < 4.78 is 27.3. The van der Waals surface area contributed by atoms with Gasteiger partial charge in [0.15, 0.2) is 0 Å². The fourth-order valence-corrected chi connectivity index (χ4v) is 5.21. The van der Waals surface area contributed by atoms with E-state index in [0.29, 0.717) is 12.1 Å². The molecule has 0 aliphatic carbocycles. The van der Waals surface area contributed by atoms with Crippen molar-refractivity contribution in [2.24, 2.45) is 0 Å². The van der Waals surface area contributed by atoms with Crippen molar-refractivity contribution in [2.45, 2.75) is 36.0 Å². The van der Waals surface area contributed by atoms with E-state index in [-0.39, 0.29) is 21.3 Å². The summed E-state index contributed by atoms with van der Waals surface area (Å²) in [6.07, 6.45) is 2.12. The Morgan fingerprint density at radius 3 is 2.85 bits per heavy atom. The Bertz CT molecular complexity index is 583. The van der Waals surface area contributed by atoms with E-state index in [2.05, 4.69) is 11.6 Å². The van der Waals surface area contributed by atoms with Crippen LogP contribution in [0.25, 0.3) is 0 Å². The van der Waals surface area contributed by atoms with E-state index in [9.17, 15) is 8.42 Å². The van der Waals surface area contributed by atoms with Crippen LogP contribution in [0.15, 0.2) is 23.1 Å². The van der Waals surface area contributed by atoms with Crippen LogP contribution in [0.1, 0.15) is 25.3 Å². The van der Waals surface area contributed by atoms with Gasteiger partial charge < -0.3 is 5.11 Å². The Hall–Kier alpha value is -0.270. The van der Waals surface area contributed by atoms with Crippen molar-refractivity contribution in [1.82, 2.24) is 4.72 Å². The smallest absolute Gasteiger partial charge is 0.242 e. The number of nitrogens with one attached hydrogen (secondary N) is 1. The minimum atomic E-state index is -3.66. The van der Waals surface area contributed by atoms with E-state index >= 15 is 0 Å². The second kappa shape index (κ2) is 6.23. The summed E-state index contributed by atoms with van der Waals surface area (Å²) in [7, 11) is -3.66. The molecule has 0 aromatic heterocycles. The van der Waals surface area contributed by atoms with Crippen LogP contribution in [0.3, 0.4) is 0 Å². The molecule has 1 atom stereocenters. The number of aliphatic hydroxyl groups excluding tert-OH is 1. The Kier molecular flexibility index (Phi) is 5.02. The standard InChI is InChI=1S/C13H18ClNO3S2/c1-13(5-2-6-19-13)9-15-20(17,18)12-7-10(8-16)3-4-11(12)14/h3-4,7,15-16H,2,5-6,8-9H2,1H3. The highest BCUT2D eigenvalue weighted by atomic mass is 35.5. The zero-order valence-corrected chi connectivity index (χ0v) is 13.6. The SMILES string of the molecule is CC1(CNS(=O)(=O)c2cc(CO)ccc2Cl)CCCS1. The summed E-state index contributed by atoms with van der Waals surface area (Å²) in [6.45, 7) is 2.24. The molecule has 1 fully saturated rings. The number of aliphatic hydroxyl groups is 1. The second-order valence-electron chi connectivity index (χ2n) is 5.15. The average molecular weight is 336 g/mol. The number of hydrogen-bond donors (Lipinski definition) is 2. The van der Waals surface area contributed by atoms with Crippen molar-refractivity contribution < 1.29 is 13.5 Å². The van der Waals surface area contributed by atoms with Gasteiger partial charge in [-0.15, -0.1) is 0 Å². The first-order chi connectivity index (χ1) is 9.36. The number of halogens is 1. The summed E-state index contributed by atoms with van der Waals surface area (Å²) in [6, 6.07) is 4.51. The maximum Gasteiger partial charge on any atom is 0.242 e. The van der Waals surface area contributed by atoms with Crippen LogP contribution in [0.5, 0.6) is 0 Å². The fraction of sp³-hybridized carbons (Fsp3) is 0.538. The van der Waals surface area contributed by atoms with E-state index in [1.807, 2.05) is 0 Å². The van der Waals surface area contributed by atoms with Crippen LogP contribution in [-0.2, 0) is 16.6 Å². The summed E-state index contributed by atoms with van der Waals surface area (Å²) in [5.41, 5.74) is 0.524. The van der Waals surface area contributed by atoms with Gasteiger partial charge in [0.2, 0.25) is 10.0 Å². The largest absolute Gasteiger partial charge is 0.392 e. The highest BCUT2D eigenvalue weighted by Crippen LogP contribution is 2.37. The predicted molar refractivity (Wildman–Crippen MR) is 82.7 cm³/mol. The Balaban J connectivity index is 2.17. The molecular weight excluding hydrogens is 318 g/mol. The number of thioether (sulfide) groups is 1. The normalized spacial score (nSPS) is 23.1. The zero-order valence-electron chi connectivity index (χ0n) is 11.2. The predicted octanol–water partition coefficient (Wildman–Crippen LogP) is 2.40. The van der Waals surface area contributed by atoms with Gasteiger partial charge >= 0.3 is 0 Å². The first-order valence-corrected chi connectivity index (χ1v) is 9.24. The van der Waals surface area contributed by atoms with Crippen LogP contribution in [0.2, 0.25) is 5.02 Å². The molecule has 1 aliphatic rings. The van der Waals surface area contributed by atoms with E-state index in [1.165, 1.54) is 12.1 Å². The van der Waals surface area contributed by atoms with Gasteiger partial charge in [0.25, 0.3) is 0 Å². The molecule has 20 heavy (non-hydrogen) atoms. The van der Waals surface area contributed by atoms with Crippen LogP contribution < -0.4 is 4.72 Å². The van der Waals surface area contributed by atoms with Gasteiger partial charge in [-0.3, -0.25) is 0 Å². The molecule has 0 radical (unpaired) electrons. The van der Waals surface area contributed by atoms with Gasteiger partial charge in [0, 0.05) is 11.3 Å². The summed E-state index contributed by atoms with van der Waals surface area (Å²) in [5.74, 6) is 1.07. The van der Waals surface area contributed by atoms with Gasteiger partial charge in [0.1, 0.15) is 4.90 Å². The Morgan fingerprint density at radius 1 is 1.50 bits per heavy atom. The lowest BCUT2D eigenvalue weighted by Gasteiger charge is -2.23. The van der Waals surface area contributed by atoms with E-state index in [1.54, 1.807) is 17.8 Å². The van der Waals surface area contributed by atoms with Crippen LogP contribution in [0.4, 0.5) is 0 Å². The molecule has 2 N–H and O–H groups in total. The van der Waals surface area contributed by atoms with Crippen molar-refractivity contribution in [3.63, 3.8) is 0 Å². The van der Waals surface area contributed by atoms with Crippen LogP contribution >= 0.6 is 23.4 Å². The summed E-state index contributed by atoms with van der Waals surface area (Å²) in [4.78, 5) is 0.0253. The van der Waals surface area contributed by atoms with E-state index < -0.39 is 10.0 Å². The van der Waals surface area contributed by atoms with Crippen molar-refractivity contribution in [1.29, 1.82) is 0 Å². The lowest BCUT2D eigenvalue weighted by atomic mass is 10.1. The van der Waals surface area contributed by atoms with Gasteiger partial charge in [-0.05, 0) is 43.2 Å². The molecule has 1 unspecified atom stereocenters. The van der Waals surface area contributed by atoms with E-state index in [0.717, 1.165) is 18.6 Å². The Morgan fingerprint density at radius 2 is 2.25 bits per heavy atom. The monoisotopic (exact) mass is 335 g/mol. The fourth-order valence-electron chi connectivity index (χ4n) is 2.15. The van der Waals surface area contributed by atoms with Crippen molar-refractivity contribution in [2.75, 3.05) is 12.3 Å². The van der Waals surface area contributed by atoms with Crippen molar-refractivity contribution in [3.8, 4) is 0 Å². The highest BCUT2D eigenvalue weighted by molar-refractivity contribution is 8.01. The molecule has 0 bridgehead atoms. The number of hydrogen-bond acceptors (Lipinski definition) is 4. The van der Waals surface area contributed by atoms with Crippen molar-refractivity contribution >= 4 is 33.4 Å². The summed E-state index contributed by atoms with van der Waals surface area (Å²) in [5, 5.41) is 9.27. The highest BCUT2D eigenvalue weighted by Gasteiger charge is 2.31. The molecule has 1 saturated heterocycles. The lowest BCUT2D eigenvalue weighted by Crippen LogP contribution is -2.36. The first-order valence-electron chi connectivity index (χ1n) is 6.39. The number of benzene rings is 1. The van der Waals surface area contributed by atoms with E-state index in [4.69, 9.17) is 16.7 Å². The van der Waals surface area contributed by atoms with Crippen LogP contribution in [0, 0.1) is 0 Å². The van der Waals surface area contributed by atoms with Crippen LogP contribution in [-0.4, -0.2) is 30.6 Å². The molecule has 1 aliphatic heterocycles. The molecule has 7 heteroatoms. The molecule has 0 amide bonds. The van der Waals surface area contributed by atoms with Crippen molar-refractivity contribution in [3.05, 3.63) is 28.8 Å². The summed E-state index contributed by atoms with van der Waals surface area (Å²) >= 11 is 7.75. The molecule has 0 saturated carbocycles. The minimum Gasteiger partial charge on any atom is -0.392 e. The topological polar surface area (TPSA) is 66.4 Å². The molecule has 0 spiro atoms. The molecule has 2 rings (SSSR count). The third kappa shape index (κ3) is 3.68. The average Bonchev–Trinajstić information content (AvgIpc) is 2.85. The number of rotatable bonds is 5. The maximum absolute atomic E-state index is 12.3. The quantitative estimate of drug-likeness (QED) is 0.867. The molecule has 1 aromatic rings. The molecule has 112 valence electrons. The van der Waals surface area contributed by atoms with Gasteiger partial charge in [-0.2, -0.15) is 11.8 Å². The zero-order chi connectivity index (χ0) is 14.8. The van der Waals surface area contributed by atoms with Gasteiger partial charge in [0.05, 0.1) is 11.6 Å². The maximum atomic E-state index is 12.3. The van der Waals surface area contributed by atoms with Gasteiger partial charge in [-0.1, -0.05) is 17.7 Å². The molecule has 1 heterocycles. The molecule has 4 nitrogen and oxygen atoms in total. The second-order valence-corrected chi connectivity index (χ2v) is 8.97. The molecular formula is C13H18ClNO3S2. The first kappa shape index (κ1) is 16.1. The van der Waals surface area contributed by atoms with Gasteiger partial charge in [-0.25, -0.2) is 13.1 Å². The molecule has 1 aromatic carbocycles. The number of sulfonamides is 1. The lowest BCUT2D eigenvalue weighted by molar-refractivity contribution is 0.281. The minimum absolute atomic E-state index is 0.0253.